The van der Waals surface area contributed by atoms with E-state index in [9.17, 15) is 13.2 Å². The second kappa shape index (κ2) is 3.54. The Bertz CT molecular complexity index is 571. The summed E-state index contributed by atoms with van der Waals surface area (Å²) in [4.78, 5) is 0.859. The topological polar surface area (TPSA) is 0 Å². The van der Waals surface area contributed by atoms with Crippen molar-refractivity contribution >= 4 is 10.0 Å². The molecule has 0 unspecified atom stereocenters. The molecular weight excluding hydrogens is 257 g/mol. The Morgan fingerprint density at radius 1 is 0.778 bits per heavy atom. The highest BCUT2D eigenvalue weighted by atomic mass is 32.3. The molecule has 0 nitrogen and oxygen atoms in total. The average Bonchev–Trinajstić information content (AvgIpc) is 2.62. The molecule has 0 fully saturated rings. The monoisotopic (exact) mass is 268 g/mol. The van der Waals surface area contributed by atoms with Crippen LogP contribution in [0, 0.1) is 0 Å². The summed E-state index contributed by atoms with van der Waals surface area (Å²) in [5.41, 5.74) is -2.76. The predicted molar refractivity (Wildman–Crippen MR) is 68.0 cm³/mol. The molecule has 0 radical (unpaired) electrons. The third kappa shape index (κ3) is 1.29. The summed E-state index contributed by atoms with van der Waals surface area (Å²) in [6.07, 6.45) is 1.34. The minimum Gasteiger partial charge on any atom is -0.161 e. The van der Waals surface area contributed by atoms with Gasteiger partial charge in [0.25, 0.3) is 0 Å². The van der Waals surface area contributed by atoms with E-state index in [1.165, 1.54) is 6.26 Å². The van der Waals surface area contributed by atoms with Crippen molar-refractivity contribution in [3.05, 3.63) is 48.5 Å². The summed E-state index contributed by atoms with van der Waals surface area (Å²) in [6.45, 7) is 0. The highest BCUT2D eigenvalue weighted by Crippen LogP contribution is 2.76. The van der Waals surface area contributed by atoms with Gasteiger partial charge in [-0.3, -0.25) is 0 Å². The molecule has 4 heteroatoms. The lowest BCUT2D eigenvalue weighted by molar-refractivity contribution is -0.0379. The van der Waals surface area contributed by atoms with Gasteiger partial charge in [-0.05, 0) is 29.5 Å². The van der Waals surface area contributed by atoms with Crippen LogP contribution >= 0.6 is 10.0 Å². The third-order valence-corrected chi connectivity index (χ3v) is 6.80. The van der Waals surface area contributed by atoms with Gasteiger partial charge in [-0.15, -0.1) is 0 Å². The summed E-state index contributed by atoms with van der Waals surface area (Å²) in [6, 6.07) is 13.7. The zero-order valence-electron chi connectivity index (χ0n) is 9.66. The summed E-state index contributed by atoms with van der Waals surface area (Å²) >= 11 is 0. The Morgan fingerprint density at radius 3 is 1.56 bits per heavy atom. The van der Waals surface area contributed by atoms with Crippen molar-refractivity contribution < 1.29 is 13.2 Å². The molecule has 0 N–H and O–H groups in total. The van der Waals surface area contributed by atoms with Crippen LogP contribution in [-0.4, -0.2) is 11.8 Å². The molecule has 2 aromatic rings. The predicted octanol–water partition coefficient (Wildman–Crippen LogP) is 5.04. The van der Waals surface area contributed by atoms with Crippen LogP contribution in [0.4, 0.5) is 13.2 Å². The van der Waals surface area contributed by atoms with E-state index in [1.807, 2.05) is 0 Å². The number of hydrogen-bond donors (Lipinski definition) is 0. The molecule has 94 valence electrons. The van der Waals surface area contributed by atoms with Crippen LogP contribution in [0.2, 0.25) is 0 Å². The molecule has 0 amide bonds. The number of benzene rings is 2. The van der Waals surface area contributed by atoms with Crippen molar-refractivity contribution in [1.29, 1.82) is 0 Å². The minimum atomic E-state index is -4.21. The maximum Gasteiger partial charge on any atom is 0.433 e. The summed E-state index contributed by atoms with van der Waals surface area (Å²) in [5.74, 6) is 0. The molecule has 0 aliphatic carbocycles. The quantitative estimate of drug-likeness (QED) is 0.628. The molecule has 1 heterocycles. The van der Waals surface area contributed by atoms with Gasteiger partial charge in [0.2, 0.25) is 0 Å². The van der Waals surface area contributed by atoms with Crippen LogP contribution in [0.1, 0.15) is 0 Å². The van der Waals surface area contributed by atoms with Gasteiger partial charge < -0.3 is 0 Å². The smallest absolute Gasteiger partial charge is 0.161 e. The molecule has 1 aliphatic heterocycles. The second-order valence-corrected chi connectivity index (χ2v) is 7.54. The number of fused-ring (bicyclic) bond motifs is 3. The first kappa shape index (κ1) is 11.7. The van der Waals surface area contributed by atoms with Crippen LogP contribution in [0.3, 0.4) is 0 Å². The van der Waals surface area contributed by atoms with E-state index in [-0.39, 0.29) is 0 Å². The van der Waals surface area contributed by atoms with Gasteiger partial charge in [0.15, 0.2) is 0 Å². The molecular formula is C14H11F3S. The molecule has 0 saturated heterocycles. The van der Waals surface area contributed by atoms with E-state index in [0.29, 0.717) is 9.79 Å². The van der Waals surface area contributed by atoms with Crippen molar-refractivity contribution in [3.63, 3.8) is 0 Å². The van der Waals surface area contributed by atoms with Crippen LogP contribution < -0.4 is 0 Å². The lowest BCUT2D eigenvalue weighted by Crippen LogP contribution is -2.18. The first-order valence-electron chi connectivity index (χ1n) is 5.49. The number of halogens is 3. The zero-order valence-corrected chi connectivity index (χ0v) is 10.5. The van der Waals surface area contributed by atoms with Crippen LogP contribution in [0.25, 0.3) is 11.1 Å². The molecule has 3 rings (SSSR count). The SMILES string of the molecule is CS1(C(F)(F)F)c2ccccc2-c2ccccc21. The fourth-order valence-electron chi connectivity index (χ4n) is 2.46. The number of rotatable bonds is 0. The molecule has 2 aromatic carbocycles. The summed E-state index contributed by atoms with van der Waals surface area (Å²) < 4.78 is 40.6. The van der Waals surface area contributed by atoms with Gasteiger partial charge in [0.05, 0.1) is 0 Å². The van der Waals surface area contributed by atoms with E-state index in [4.69, 9.17) is 0 Å². The normalized spacial score (nSPS) is 18.0. The molecule has 0 spiro atoms. The third-order valence-electron chi connectivity index (χ3n) is 3.41. The second-order valence-electron chi connectivity index (χ2n) is 4.36. The van der Waals surface area contributed by atoms with E-state index in [0.717, 1.165) is 11.1 Å². The Labute approximate surface area is 105 Å². The van der Waals surface area contributed by atoms with Crippen LogP contribution in [-0.2, 0) is 0 Å². The lowest BCUT2D eigenvalue weighted by Gasteiger charge is -2.35. The molecule has 0 atom stereocenters. The Morgan fingerprint density at radius 2 is 1.17 bits per heavy atom. The Hall–Kier alpha value is -1.42. The summed E-state index contributed by atoms with van der Waals surface area (Å²) in [5, 5.41) is 0. The minimum absolute atomic E-state index is 0.429. The maximum atomic E-state index is 13.5. The van der Waals surface area contributed by atoms with Gasteiger partial charge in [-0.1, -0.05) is 46.4 Å². The number of alkyl halides is 3. The maximum absolute atomic E-state index is 13.5. The summed E-state index contributed by atoms with van der Waals surface area (Å²) in [7, 11) is -2.94. The standard InChI is InChI=1S/C14H11F3S/c1-18(14(15,16)17)12-8-4-2-6-10(12)11-7-3-5-9-13(11)18/h2-9H,1H3. The lowest BCUT2D eigenvalue weighted by atomic mass is 10.1. The highest BCUT2D eigenvalue weighted by Gasteiger charge is 2.53. The highest BCUT2D eigenvalue weighted by molar-refractivity contribution is 8.34. The van der Waals surface area contributed by atoms with Crippen LogP contribution in [0.15, 0.2) is 58.3 Å². The molecule has 18 heavy (non-hydrogen) atoms. The Kier molecular flexibility index (Phi) is 2.29. The van der Waals surface area contributed by atoms with Gasteiger partial charge >= 0.3 is 5.51 Å². The van der Waals surface area contributed by atoms with E-state index < -0.39 is 15.5 Å². The first-order valence-corrected chi connectivity index (χ1v) is 7.53. The van der Waals surface area contributed by atoms with Crippen molar-refractivity contribution in [3.8, 4) is 11.1 Å². The van der Waals surface area contributed by atoms with Crippen molar-refractivity contribution in [2.24, 2.45) is 0 Å². The van der Waals surface area contributed by atoms with Crippen LogP contribution in [0.5, 0.6) is 0 Å². The molecule has 0 bridgehead atoms. The molecule has 1 aliphatic rings. The van der Waals surface area contributed by atoms with E-state index in [2.05, 4.69) is 0 Å². The molecule has 0 saturated carbocycles. The van der Waals surface area contributed by atoms with Crippen molar-refractivity contribution in [1.82, 2.24) is 0 Å². The largest absolute Gasteiger partial charge is 0.433 e. The number of hydrogen-bond acceptors (Lipinski definition) is 0. The van der Waals surface area contributed by atoms with Gasteiger partial charge in [0, 0.05) is 9.79 Å². The fraction of sp³-hybridized carbons (Fsp3) is 0.143. The molecule has 0 aromatic heterocycles. The zero-order chi connectivity index (χ0) is 13.0. The fourth-order valence-corrected chi connectivity index (χ4v) is 5.13. The van der Waals surface area contributed by atoms with Crippen molar-refractivity contribution in [2.75, 3.05) is 6.26 Å². The van der Waals surface area contributed by atoms with Gasteiger partial charge in [-0.2, -0.15) is 13.2 Å². The van der Waals surface area contributed by atoms with Crippen molar-refractivity contribution in [2.45, 2.75) is 15.3 Å². The Balaban J connectivity index is 2.41. The van der Waals surface area contributed by atoms with Gasteiger partial charge in [0.1, 0.15) is 0 Å². The van der Waals surface area contributed by atoms with Gasteiger partial charge in [-0.25, -0.2) is 0 Å². The average molecular weight is 268 g/mol. The first-order chi connectivity index (χ1) is 8.46. The van der Waals surface area contributed by atoms with E-state index in [1.54, 1.807) is 48.5 Å². The van der Waals surface area contributed by atoms with E-state index >= 15 is 0 Å².